The summed E-state index contributed by atoms with van der Waals surface area (Å²) in [5.74, 6) is -1.02. The summed E-state index contributed by atoms with van der Waals surface area (Å²) in [6.07, 6.45) is 3.52. The van der Waals surface area contributed by atoms with Crippen LogP contribution in [0.3, 0.4) is 0 Å². The molecule has 0 saturated carbocycles. The summed E-state index contributed by atoms with van der Waals surface area (Å²) in [5.41, 5.74) is 1.77. The van der Waals surface area contributed by atoms with Gasteiger partial charge in [0.1, 0.15) is 10.7 Å². The lowest BCUT2D eigenvalue weighted by Crippen LogP contribution is -2.29. The maximum absolute atomic E-state index is 13.4. The Morgan fingerprint density at radius 3 is 2.41 bits per heavy atom. The zero-order chi connectivity index (χ0) is 23.7. The number of hydrogen-bond donors (Lipinski definition) is 2. The van der Waals surface area contributed by atoms with Gasteiger partial charge in [-0.15, -0.1) is 11.3 Å². The van der Waals surface area contributed by atoms with Crippen molar-refractivity contribution >= 4 is 45.1 Å². The summed E-state index contributed by atoms with van der Waals surface area (Å²) >= 11 is 1.40. The molecule has 3 heterocycles. The molecule has 2 N–H and O–H groups in total. The molecule has 8 heteroatoms. The van der Waals surface area contributed by atoms with Crippen LogP contribution in [0.15, 0.2) is 65.5 Å². The van der Waals surface area contributed by atoms with Crippen LogP contribution >= 0.6 is 11.3 Å². The number of aromatic amines is 1. The number of carbonyl (C=O) groups is 2. The first-order chi connectivity index (χ1) is 16.5. The SMILES string of the molecule is O=C(O)c1ccc(C=C(C(=O)N2CCCC2)c2nc3sc(-c4ccccc4)cc3c(=O)[nH]2)cc1. The van der Waals surface area contributed by atoms with E-state index in [0.717, 1.165) is 23.3 Å². The first-order valence-corrected chi connectivity index (χ1v) is 11.8. The predicted octanol–water partition coefficient (Wildman–Crippen LogP) is 4.51. The summed E-state index contributed by atoms with van der Waals surface area (Å²) in [5, 5.41) is 9.64. The molecule has 0 radical (unpaired) electrons. The largest absolute Gasteiger partial charge is 0.478 e. The molecule has 1 saturated heterocycles. The van der Waals surface area contributed by atoms with E-state index in [1.165, 1.54) is 23.5 Å². The molecule has 4 aromatic rings. The summed E-state index contributed by atoms with van der Waals surface area (Å²) in [4.78, 5) is 48.2. The highest BCUT2D eigenvalue weighted by molar-refractivity contribution is 7.21. The second-order valence-corrected chi connectivity index (χ2v) is 9.13. The number of carboxylic acids is 1. The number of nitrogens with zero attached hydrogens (tertiary/aromatic N) is 2. The maximum Gasteiger partial charge on any atom is 0.335 e. The van der Waals surface area contributed by atoms with E-state index in [0.29, 0.717) is 28.9 Å². The molecular weight excluding hydrogens is 450 g/mol. The van der Waals surface area contributed by atoms with Gasteiger partial charge in [0.2, 0.25) is 0 Å². The van der Waals surface area contributed by atoms with Crippen LogP contribution in [0.2, 0.25) is 0 Å². The second-order valence-electron chi connectivity index (χ2n) is 8.09. The van der Waals surface area contributed by atoms with Gasteiger partial charge < -0.3 is 15.0 Å². The molecule has 2 aromatic carbocycles. The van der Waals surface area contributed by atoms with E-state index in [1.807, 2.05) is 36.4 Å². The van der Waals surface area contributed by atoms with Crippen LogP contribution < -0.4 is 5.56 Å². The highest BCUT2D eigenvalue weighted by atomic mass is 32.1. The number of rotatable bonds is 5. The number of aromatic carboxylic acids is 1. The third kappa shape index (κ3) is 4.27. The average Bonchev–Trinajstić information content (AvgIpc) is 3.54. The zero-order valence-corrected chi connectivity index (χ0v) is 19.0. The van der Waals surface area contributed by atoms with Gasteiger partial charge in [0, 0.05) is 18.0 Å². The van der Waals surface area contributed by atoms with Crippen LogP contribution in [0.4, 0.5) is 0 Å². The minimum Gasteiger partial charge on any atom is -0.478 e. The molecule has 5 rings (SSSR count). The van der Waals surface area contributed by atoms with Crippen LogP contribution in [0.25, 0.3) is 32.3 Å². The van der Waals surface area contributed by atoms with E-state index in [-0.39, 0.29) is 28.4 Å². The van der Waals surface area contributed by atoms with Crippen LogP contribution in [0.1, 0.15) is 34.6 Å². The fourth-order valence-corrected chi connectivity index (χ4v) is 5.05. The van der Waals surface area contributed by atoms with Gasteiger partial charge in [0.25, 0.3) is 11.5 Å². The van der Waals surface area contributed by atoms with Crippen molar-refractivity contribution in [1.29, 1.82) is 0 Å². The van der Waals surface area contributed by atoms with Gasteiger partial charge in [-0.2, -0.15) is 0 Å². The van der Waals surface area contributed by atoms with Crippen molar-refractivity contribution in [1.82, 2.24) is 14.9 Å². The van der Waals surface area contributed by atoms with E-state index >= 15 is 0 Å². The lowest BCUT2D eigenvalue weighted by molar-refractivity contribution is -0.123. The molecule has 2 aromatic heterocycles. The second kappa shape index (κ2) is 9.07. The normalized spacial score (nSPS) is 14.0. The Bertz CT molecular complexity index is 1460. The highest BCUT2D eigenvalue weighted by Crippen LogP contribution is 2.31. The Kier molecular flexibility index (Phi) is 5.81. The predicted molar refractivity (Wildman–Crippen MR) is 133 cm³/mol. The van der Waals surface area contributed by atoms with Crippen molar-refractivity contribution in [2.45, 2.75) is 12.8 Å². The van der Waals surface area contributed by atoms with Crippen molar-refractivity contribution in [3.05, 3.63) is 88.0 Å². The summed E-state index contributed by atoms with van der Waals surface area (Å²) in [7, 11) is 0. The quantitative estimate of drug-likeness (QED) is 0.417. The molecule has 1 aliphatic rings. The molecule has 1 aliphatic heterocycles. The number of aromatic nitrogens is 2. The van der Waals surface area contributed by atoms with Gasteiger partial charge in [-0.05, 0) is 48.2 Å². The number of benzene rings is 2. The fraction of sp³-hybridized carbons (Fsp3) is 0.154. The molecule has 0 unspecified atom stereocenters. The number of fused-ring (bicyclic) bond motifs is 1. The first kappa shape index (κ1) is 21.8. The summed E-state index contributed by atoms with van der Waals surface area (Å²) < 4.78 is 0. The number of H-pyrrole nitrogens is 1. The monoisotopic (exact) mass is 471 g/mol. The number of likely N-dealkylation sites (tertiary alicyclic amines) is 1. The molecule has 1 amide bonds. The van der Waals surface area contributed by atoms with E-state index in [9.17, 15) is 14.4 Å². The fourth-order valence-electron chi connectivity index (χ4n) is 4.01. The number of nitrogens with one attached hydrogen (secondary N) is 1. The molecule has 7 nitrogen and oxygen atoms in total. The van der Waals surface area contributed by atoms with Crippen LogP contribution in [-0.2, 0) is 4.79 Å². The Morgan fingerprint density at radius 1 is 1.03 bits per heavy atom. The number of carbonyl (C=O) groups excluding carboxylic acids is 1. The van der Waals surface area contributed by atoms with E-state index < -0.39 is 5.97 Å². The van der Waals surface area contributed by atoms with Crippen molar-refractivity contribution in [3.63, 3.8) is 0 Å². The lowest BCUT2D eigenvalue weighted by Gasteiger charge is -2.17. The van der Waals surface area contributed by atoms with Crippen molar-refractivity contribution in [3.8, 4) is 10.4 Å². The van der Waals surface area contributed by atoms with Crippen molar-refractivity contribution in [2.24, 2.45) is 0 Å². The van der Waals surface area contributed by atoms with Gasteiger partial charge in [-0.25, -0.2) is 9.78 Å². The molecule has 0 spiro atoms. The Labute approximate surface area is 199 Å². The van der Waals surface area contributed by atoms with Crippen molar-refractivity contribution < 1.29 is 14.7 Å². The lowest BCUT2D eigenvalue weighted by atomic mass is 10.1. The van der Waals surface area contributed by atoms with E-state index in [1.54, 1.807) is 23.1 Å². The highest BCUT2D eigenvalue weighted by Gasteiger charge is 2.25. The smallest absolute Gasteiger partial charge is 0.335 e. The number of hydrogen-bond acceptors (Lipinski definition) is 5. The van der Waals surface area contributed by atoms with Crippen LogP contribution in [-0.4, -0.2) is 44.9 Å². The van der Waals surface area contributed by atoms with Crippen LogP contribution in [0, 0.1) is 0 Å². The maximum atomic E-state index is 13.4. The van der Waals surface area contributed by atoms with Gasteiger partial charge in [0.15, 0.2) is 0 Å². The van der Waals surface area contributed by atoms with Gasteiger partial charge >= 0.3 is 5.97 Å². The minimum absolute atomic E-state index is 0.157. The first-order valence-electron chi connectivity index (χ1n) is 10.9. The van der Waals surface area contributed by atoms with E-state index in [4.69, 9.17) is 5.11 Å². The third-order valence-electron chi connectivity index (χ3n) is 5.81. The van der Waals surface area contributed by atoms with Gasteiger partial charge in [-0.1, -0.05) is 42.5 Å². The van der Waals surface area contributed by atoms with Gasteiger partial charge in [-0.3, -0.25) is 9.59 Å². The third-order valence-corrected chi connectivity index (χ3v) is 6.89. The number of carboxylic acid groups (broad SMARTS) is 1. The van der Waals surface area contributed by atoms with Crippen molar-refractivity contribution in [2.75, 3.05) is 13.1 Å². The molecule has 0 bridgehead atoms. The molecule has 170 valence electrons. The minimum atomic E-state index is -1.02. The Hall–Kier alpha value is -4.04. The number of thiophene rings is 1. The van der Waals surface area contributed by atoms with Gasteiger partial charge in [0.05, 0.1) is 16.5 Å². The Morgan fingerprint density at radius 2 is 1.74 bits per heavy atom. The molecule has 1 fully saturated rings. The number of amides is 1. The molecule has 34 heavy (non-hydrogen) atoms. The zero-order valence-electron chi connectivity index (χ0n) is 18.2. The van der Waals surface area contributed by atoms with E-state index in [2.05, 4.69) is 9.97 Å². The molecular formula is C26H21N3O4S. The molecule has 0 aliphatic carbocycles. The summed E-state index contributed by atoms with van der Waals surface area (Å²) in [6.45, 7) is 1.30. The molecule has 0 atom stereocenters. The Balaban J connectivity index is 1.61. The summed E-state index contributed by atoms with van der Waals surface area (Å²) in [6, 6.07) is 17.8. The standard InChI is InChI=1S/C26H21N3O4S/c30-23-20-15-21(17-6-2-1-3-7-17)34-24(20)28-22(27-23)19(25(31)29-12-4-5-13-29)14-16-8-10-18(11-9-16)26(32)33/h1-3,6-11,14-15H,4-5,12-13H2,(H,32,33)(H,27,28,30). The topological polar surface area (TPSA) is 103 Å². The average molecular weight is 472 g/mol. The van der Waals surface area contributed by atoms with Crippen LogP contribution in [0.5, 0.6) is 0 Å².